The van der Waals surface area contributed by atoms with Crippen molar-refractivity contribution in [3.63, 3.8) is 0 Å². The van der Waals surface area contributed by atoms with Crippen LogP contribution in [0, 0.1) is 0 Å². The number of Topliss-reactive ketones (excluding diaryl/α,β-unsaturated/α-hetero) is 1. The van der Waals surface area contributed by atoms with Gasteiger partial charge in [0.2, 0.25) is 5.91 Å². The summed E-state index contributed by atoms with van der Waals surface area (Å²) in [6.07, 6.45) is 0.179. The Kier molecular flexibility index (Phi) is 2.66. The summed E-state index contributed by atoms with van der Waals surface area (Å²) in [5.41, 5.74) is 0.757. The van der Waals surface area contributed by atoms with E-state index in [1.165, 1.54) is 0 Å². The van der Waals surface area contributed by atoms with Gasteiger partial charge in [-0.2, -0.15) is 0 Å². The number of amides is 1. The first-order valence-electron chi connectivity index (χ1n) is 5.93. The summed E-state index contributed by atoms with van der Waals surface area (Å²) in [5.74, 6) is 0.746. The number of carbonyl (C=O) groups is 2. The van der Waals surface area contributed by atoms with Crippen LogP contribution in [0.2, 0.25) is 0 Å². The summed E-state index contributed by atoms with van der Waals surface area (Å²) in [6, 6.07) is 5.46. The summed E-state index contributed by atoms with van der Waals surface area (Å²) >= 11 is 0. The molecule has 1 aromatic carbocycles. The molecule has 5 heteroatoms. The van der Waals surface area contributed by atoms with Gasteiger partial charge < -0.3 is 14.8 Å². The van der Waals surface area contributed by atoms with E-state index in [-0.39, 0.29) is 24.7 Å². The SMILES string of the molecule is O=C1CC(c2cccc3c2OCCO3)C(=O)CN1. The average molecular weight is 247 g/mol. The molecule has 1 unspecified atom stereocenters. The molecular weight excluding hydrogens is 234 g/mol. The minimum absolute atomic E-state index is 0.0113. The Labute approximate surface area is 104 Å². The lowest BCUT2D eigenvalue weighted by Gasteiger charge is -2.26. The summed E-state index contributed by atoms with van der Waals surface area (Å²) in [4.78, 5) is 23.3. The molecule has 1 fully saturated rings. The van der Waals surface area contributed by atoms with Crippen molar-refractivity contribution in [1.82, 2.24) is 5.32 Å². The molecule has 0 aromatic heterocycles. The van der Waals surface area contributed by atoms with Crippen LogP contribution in [-0.2, 0) is 9.59 Å². The summed E-state index contributed by atoms with van der Waals surface area (Å²) in [6.45, 7) is 1.07. The fraction of sp³-hybridized carbons (Fsp3) is 0.385. The maximum absolute atomic E-state index is 11.9. The van der Waals surface area contributed by atoms with Crippen LogP contribution in [-0.4, -0.2) is 31.4 Å². The maximum atomic E-state index is 11.9. The van der Waals surface area contributed by atoms with Crippen LogP contribution >= 0.6 is 0 Å². The molecule has 2 heterocycles. The molecule has 1 aromatic rings. The molecule has 0 bridgehead atoms. The average Bonchev–Trinajstić information content (AvgIpc) is 2.41. The zero-order valence-electron chi connectivity index (χ0n) is 9.77. The van der Waals surface area contributed by atoms with Crippen LogP contribution in [0.5, 0.6) is 11.5 Å². The summed E-state index contributed by atoms with van der Waals surface area (Å²) < 4.78 is 11.1. The highest BCUT2D eigenvalue weighted by Crippen LogP contribution is 2.39. The predicted molar refractivity (Wildman–Crippen MR) is 62.8 cm³/mol. The highest BCUT2D eigenvalue weighted by molar-refractivity contribution is 5.98. The number of hydrogen-bond donors (Lipinski definition) is 1. The number of fused-ring (bicyclic) bond motifs is 1. The topological polar surface area (TPSA) is 64.6 Å². The first-order valence-corrected chi connectivity index (χ1v) is 5.93. The van der Waals surface area contributed by atoms with E-state index >= 15 is 0 Å². The van der Waals surface area contributed by atoms with Gasteiger partial charge in [-0.15, -0.1) is 0 Å². The van der Waals surface area contributed by atoms with Gasteiger partial charge in [0.05, 0.1) is 12.5 Å². The second-order valence-corrected chi connectivity index (χ2v) is 4.37. The Balaban J connectivity index is 2.00. The lowest BCUT2D eigenvalue weighted by Crippen LogP contribution is -2.40. The molecule has 2 aliphatic heterocycles. The summed E-state index contributed by atoms with van der Waals surface area (Å²) in [7, 11) is 0. The number of piperidine rings is 1. The van der Waals surface area contributed by atoms with Crippen LogP contribution in [0.4, 0.5) is 0 Å². The predicted octanol–water partition coefficient (Wildman–Crippen LogP) is 0.630. The van der Waals surface area contributed by atoms with Crippen LogP contribution < -0.4 is 14.8 Å². The number of rotatable bonds is 1. The van der Waals surface area contributed by atoms with Crippen molar-refractivity contribution in [2.75, 3.05) is 19.8 Å². The van der Waals surface area contributed by atoms with Crippen LogP contribution in [0.25, 0.3) is 0 Å². The number of carbonyl (C=O) groups excluding carboxylic acids is 2. The number of ketones is 1. The minimum Gasteiger partial charge on any atom is -0.486 e. The lowest BCUT2D eigenvalue weighted by atomic mass is 9.88. The Morgan fingerprint density at radius 2 is 2.00 bits per heavy atom. The van der Waals surface area contributed by atoms with Gasteiger partial charge in [0.25, 0.3) is 0 Å². The quantitative estimate of drug-likeness (QED) is 0.790. The van der Waals surface area contributed by atoms with E-state index in [1.807, 2.05) is 18.2 Å². The van der Waals surface area contributed by atoms with E-state index in [1.54, 1.807) is 0 Å². The van der Waals surface area contributed by atoms with Crippen LogP contribution in [0.15, 0.2) is 18.2 Å². The molecule has 2 aliphatic rings. The Morgan fingerprint density at radius 3 is 2.89 bits per heavy atom. The molecule has 3 rings (SSSR count). The van der Waals surface area contributed by atoms with Crippen molar-refractivity contribution >= 4 is 11.7 Å². The van der Waals surface area contributed by atoms with Gasteiger partial charge in [-0.25, -0.2) is 0 Å². The Hall–Kier alpha value is -2.04. The molecule has 1 amide bonds. The van der Waals surface area contributed by atoms with Crippen molar-refractivity contribution in [1.29, 1.82) is 0 Å². The fourth-order valence-electron chi connectivity index (χ4n) is 2.33. The number of para-hydroxylation sites is 1. The molecule has 1 atom stereocenters. The van der Waals surface area contributed by atoms with Crippen molar-refractivity contribution in [3.05, 3.63) is 23.8 Å². The van der Waals surface area contributed by atoms with Crippen molar-refractivity contribution in [2.45, 2.75) is 12.3 Å². The fourth-order valence-corrected chi connectivity index (χ4v) is 2.33. The third kappa shape index (κ3) is 1.81. The zero-order valence-corrected chi connectivity index (χ0v) is 9.77. The summed E-state index contributed by atoms with van der Waals surface area (Å²) in [5, 5.41) is 2.55. The van der Waals surface area contributed by atoms with Gasteiger partial charge in [0, 0.05) is 12.0 Å². The molecule has 0 aliphatic carbocycles. The minimum atomic E-state index is -0.421. The monoisotopic (exact) mass is 247 g/mol. The lowest BCUT2D eigenvalue weighted by molar-refractivity contribution is -0.131. The molecule has 94 valence electrons. The smallest absolute Gasteiger partial charge is 0.221 e. The number of nitrogens with one attached hydrogen (secondary N) is 1. The Bertz CT molecular complexity index is 512. The Morgan fingerprint density at radius 1 is 1.17 bits per heavy atom. The number of benzene rings is 1. The van der Waals surface area contributed by atoms with E-state index in [9.17, 15) is 9.59 Å². The normalized spacial score (nSPS) is 22.6. The molecule has 5 nitrogen and oxygen atoms in total. The van der Waals surface area contributed by atoms with E-state index < -0.39 is 5.92 Å². The number of hydrogen-bond acceptors (Lipinski definition) is 4. The molecule has 0 spiro atoms. The zero-order chi connectivity index (χ0) is 12.5. The second-order valence-electron chi connectivity index (χ2n) is 4.37. The largest absolute Gasteiger partial charge is 0.486 e. The third-order valence-electron chi connectivity index (χ3n) is 3.21. The third-order valence-corrected chi connectivity index (χ3v) is 3.21. The highest BCUT2D eigenvalue weighted by atomic mass is 16.6. The molecule has 0 radical (unpaired) electrons. The van der Waals surface area contributed by atoms with Gasteiger partial charge >= 0.3 is 0 Å². The van der Waals surface area contributed by atoms with Crippen LogP contribution in [0.3, 0.4) is 0 Å². The van der Waals surface area contributed by atoms with Gasteiger partial charge in [0.15, 0.2) is 17.3 Å². The van der Waals surface area contributed by atoms with E-state index in [2.05, 4.69) is 5.32 Å². The highest BCUT2D eigenvalue weighted by Gasteiger charge is 2.32. The van der Waals surface area contributed by atoms with E-state index in [0.717, 1.165) is 5.56 Å². The maximum Gasteiger partial charge on any atom is 0.221 e. The molecule has 1 saturated heterocycles. The molecule has 1 N–H and O–H groups in total. The molecule has 18 heavy (non-hydrogen) atoms. The molecular formula is C13H13NO4. The van der Waals surface area contributed by atoms with Gasteiger partial charge in [-0.1, -0.05) is 12.1 Å². The molecule has 0 saturated carbocycles. The van der Waals surface area contributed by atoms with Gasteiger partial charge in [-0.05, 0) is 6.07 Å². The van der Waals surface area contributed by atoms with Gasteiger partial charge in [0.1, 0.15) is 13.2 Å². The van der Waals surface area contributed by atoms with Crippen molar-refractivity contribution < 1.29 is 19.1 Å². The first-order chi connectivity index (χ1) is 8.75. The van der Waals surface area contributed by atoms with Crippen molar-refractivity contribution in [3.8, 4) is 11.5 Å². The van der Waals surface area contributed by atoms with Gasteiger partial charge in [-0.3, -0.25) is 9.59 Å². The van der Waals surface area contributed by atoms with E-state index in [4.69, 9.17) is 9.47 Å². The standard InChI is InChI=1S/C13H13NO4/c15-10-7-14-12(16)6-9(10)8-2-1-3-11-13(8)18-5-4-17-11/h1-3,9H,4-7H2,(H,14,16). The van der Waals surface area contributed by atoms with Crippen LogP contribution in [0.1, 0.15) is 17.9 Å². The first kappa shape index (κ1) is 11.1. The second kappa shape index (κ2) is 4.33. The van der Waals surface area contributed by atoms with E-state index in [0.29, 0.717) is 24.7 Å². The number of ether oxygens (including phenoxy) is 2. The van der Waals surface area contributed by atoms with Crippen molar-refractivity contribution in [2.24, 2.45) is 0 Å².